The molecule has 0 nitrogen and oxygen atoms in total. The van der Waals surface area contributed by atoms with Crippen LogP contribution in [0.4, 0.5) is 0 Å². The normalized spacial score (nSPS) is 12.0. The molecule has 0 saturated carbocycles. The standard InChI is InChI=1S/C24H50/c1-5-8-9-10-11-12-13-14-15-16-17-18-19-20-21-22-23-24(4,6-2)7-3/h5-23H2,1-4H3. The van der Waals surface area contributed by atoms with Gasteiger partial charge in [0.15, 0.2) is 0 Å². The van der Waals surface area contributed by atoms with E-state index >= 15 is 0 Å². The van der Waals surface area contributed by atoms with Crippen molar-refractivity contribution in [2.75, 3.05) is 0 Å². The van der Waals surface area contributed by atoms with Gasteiger partial charge < -0.3 is 0 Å². The van der Waals surface area contributed by atoms with E-state index in [0.29, 0.717) is 5.41 Å². The van der Waals surface area contributed by atoms with Crippen LogP contribution in [0.1, 0.15) is 150 Å². The highest BCUT2D eigenvalue weighted by atomic mass is 14.2. The van der Waals surface area contributed by atoms with E-state index in [2.05, 4.69) is 27.7 Å². The van der Waals surface area contributed by atoms with E-state index in [-0.39, 0.29) is 0 Å². The first-order valence-electron chi connectivity index (χ1n) is 11.7. The van der Waals surface area contributed by atoms with Crippen LogP contribution in [0.25, 0.3) is 0 Å². The summed E-state index contributed by atoms with van der Waals surface area (Å²) >= 11 is 0. The molecule has 0 aromatic heterocycles. The molecule has 0 aliphatic carbocycles. The van der Waals surface area contributed by atoms with Gasteiger partial charge in [-0.25, -0.2) is 0 Å². The van der Waals surface area contributed by atoms with Crippen LogP contribution < -0.4 is 0 Å². The maximum absolute atomic E-state index is 2.47. The molecule has 0 aliphatic rings. The molecule has 0 atom stereocenters. The highest BCUT2D eigenvalue weighted by molar-refractivity contribution is 4.70. The Labute approximate surface area is 155 Å². The predicted molar refractivity (Wildman–Crippen MR) is 113 cm³/mol. The van der Waals surface area contributed by atoms with Crippen LogP contribution >= 0.6 is 0 Å². The summed E-state index contributed by atoms with van der Waals surface area (Å²) in [4.78, 5) is 0. The minimum atomic E-state index is 0.621. The Morgan fingerprint density at radius 3 is 1.00 bits per heavy atom. The molecule has 0 heterocycles. The largest absolute Gasteiger partial charge is 0.0654 e. The van der Waals surface area contributed by atoms with Crippen molar-refractivity contribution in [3.05, 3.63) is 0 Å². The maximum Gasteiger partial charge on any atom is -0.0331 e. The third-order valence-electron chi connectivity index (χ3n) is 6.34. The first-order valence-corrected chi connectivity index (χ1v) is 11.7. The lowest BCUT2D eigenvalue weighted by atomic mass is 9.80. The third kappa shape index (κ3) is 15.5. The van der Waals surface area contributed by atoms with E-state index in [0.717, 1.165) is 0 Å². The van der Waals surface area contributed by atoms with Crippen LogP contribution in [0.2, 0.25) is 0 Å². The van der Waals surface area contributed by atoms with Crippen LogP contribution in [0.5, 0.6) is 0 Å². The van der Waals surface area contributed by atoms with E-state index in [4.69, 9.17) is 0 Å². The summed E-state index contributed by atoms with van der Waals surface area (Å²) in [5.41, 5.74) is 0.621. The zero-order valence-electron chi connectivity index (χ0n) is 17.9. The SMILES string of the molecule is CCCCCCCCCCCCCCCCCCC(C)(CC)CC. The summed E-state index contributed by atoms with van der Waals surface area (Å²) in [6, 6.07) is 0. The van der Waals surface area contributed by atoms with E-state index in [1.165, 1.54) is 122 Å². The van der Waals surface area contributed by atoms with Crippen molar-refractivity contribution in [2.24, 2.45) is 5.41 Å². The van der Waals surface area contributed by atoms with Crippen LogP contribution in [0, 0.1) is 5.41 Å². The molecule has 0 unspecified atom stereocenters. The number of hydrogen-bond acceptors (Lipinski definition) is 0. The van der Waals surface area contributed by atoms with Crippen LogP contribution in [-0.4, -0.2) is 0 Å². The molecule has 0 saturated heterocycles. The molecule has 0 rings (SSSR count). The number of unbranched alkanes of at least 4 members (excludes halogenated alkanes) is 15. The van der Waals surface area contributed by atoms with Crippen LogP contribution in [-0.2, 0) is 0 Å². The van der Waals surface area contributed by atoms with Gasteiger partial charge in [0.2, 0.25) is 0 Å². The Morgan fingerprint density at radius 2 is 0.708 bits per heavy atom. The van der Waals surface area contributed by atoms with Gasteiger partial charge in [0.05, 0.1) is 0 Å². The number of hydrogen-bond donors (Lipinski definition) is 0. The molecule has 0 radical (unpaired) electrons. The van der Waals surface area contributed by atoms with Gasteiger partial charge in [-0.2, -0.15) is 0 Å². The minimum absolute atomic E-state index is 0.621. The summed E-state index contributed by atoms with van der Waals surface area (Å²) in [6.45, 7) is 9.48. The summed E-state index contributed by atoms with van der Waals surface area (Å²) < 4.78 is 0. The second kappa shape index (κ2) is 17.8. The number of rotatable bonds is 19. The van der Waals surface area contributed by atoms with Crippen molar-refractivity contribution in [1.29, 1.82) is 0 Å². The summed E-state index contributed by atoms with van der Waals surface area (Å²) in [5, 5.41) is 0. The van der Waals surface area contributed by atoms with Gasteiger partial charge >= 0.3 is 0 Å². The second-order valence-electron chi connectivity index (χ2n) is 8.57. The van der Waals surface area contributed by atoms with E-state index in [1.54, 1.807) is 0 Å². The lowest BCUT2D eigenvalue weighted by Gasteiger charge is -2.26. The molecule has 0 heteroatoms. The second-order valence-corrected chi connectivity index (χ2v) is 8.57. The molecular weight excluding hydrogens is 288 g/mol. The molecule has 0 N–H and O–H groups in total. The minimum Gasteiger partial charge on any atom is -0.0654 e. The average molecular weight is 339 g/mol. The molecule has 0 aromatic carbocycles. The van der Waals surface area contributed by atoms with Crippen molar-refractivity contribution in [3.8, 4) is 0 Å². The molecule has 146 valence electrons. The third-order valence-corrected chi connectivity index (χ3v) is 6.34. The zero-order valence-corrected chi connectivity index (χ0v) is 17.9. The fourth-order valence-electron chi connectivity index (χ4n) is 3.70. The lowest BCUT2D eigenvalue weighted by molar-refractivity contribution is 0.261. The van der Waals surface area contributed by atoms with E-state index in [1.807, 2.05) is 0 Å². The first-order chi connectivity index (χ1) is 11.7. The molecule has 0 spiro atoms. The van der Waals surface area contributed by atoms with Crippen molar-refractivity contribution in [1.82, 2.24) is 0 Å². The van der Waals surface area contributed by atoms with Gasteiger partial charge in [-0.15, -0.1) is 0 Å². The Hall–Kier alpha value is 0. The average Bonchev–Trinajstić information content (AvgIpc) is 2.61. The van der Waals surface area contributed by atoms with Gasteiger partial charge in [-0.1, -0.05) is 143 Å². The fraction of sp³-hybridized carbons (Fsp3) is 1.00. The molecule has 0 amide bonds. The van der Waals surface area contributed by atoms with Crippen LogP contribution in [0.15, 0.2) is 0 Å². The Kier molecular flexibility index (Phi) is 17.8. The van der Waals surface area contributed by atoms with Crippen molar-refractivity contribution in [2.45, 2.75) is 150 Å². The van der Waals surface area contributed by atoms with Crippen molar-refractivity contribution < 1.29 is 0 Å². The van der Waals surface area contributed by atoms with E-state index < -0.39 is 0 Å². The molecule has 0 fully saturated rings. The maximum atomic E-state index is 2.47. The highest BCUT2D eigenvalue weighted by Gasteiger charge is 2.18. The summed E-state index contributed by atoms with van der Waals surface area (Å²) in [6.07, 6.45) is 27.6. The van der Waals surface area contributed by atoms with E-state index in [9.17, 15) is 0 Å². The van der Waals surface area contributed by atoms with Crippen LogP contribution in [0.3, 0.4) is 0 Å². The quantitative estimate of drug-likeness (QED) is 0.206. The van der Waals surface area contributed by atoms with Gasteiger partial charge in [-0.05, 0) is 11.8 Å². The Balaban J connectivity index is 3.13. The van der Waals surface area contributed by atoms with Crippen molar-refractivity contribution in [3.63, 3.8) is 0 Å². The highest BCUT2D eigenvalue weighted by Crippen LogP contribution is 2.31. The van der Waals surface area contributed by atoms with Gasteiger partial charge in [0.25, 0.3) is 0 Å². The Bertz CT molecular complexity index is 226. The molecule has 0 aromatic rings. The van der Waals surface area contributed by atoms with Gasteiger partial charge in [0.1, 0.15) is 0 Å². The first kappa shape index (κ1) is 24.0. The molecule has 24 heavy (non-hydrogen) atoms. The molecule has 0 aliphatic heterocycles. The lowest BCUT2D eigenvalue weighted by Crippen LogP contribution is -2.13. The zero-order chi connectivity index (χ0) is 17.9. The molecular formula is C24H50. The Morgan fingerprint density at radius 1 is 0.417 bits per heavy atom. The smallest absolute Gasteiger partial charge is 0.0331 e. The monoisotopic (exact) mass is 338 g/mol. The van der Waals surface area contributed by atoms with Gasteiger partial charge in [0, 0.05) is 0 Å². The van der Waals surface area contributed by atoms with Gasteiger partial charge in [-0.3, -0.25) is 0 Å². The summed E-state index contributed by atoms with van der Waals surface area (Å²) in [7, 11) is 0. The topological polar surface area (TPSA) is 0 Å². The summed E-state index contributed by atoms with van der Waals surface area (Å²) in [5.74, 6) is 0. The molecule has 0 bridgehead atoms. The fourth-order valence-corrected chi connectivity index (χ4v) is 3.70. The predicted octanol–water partition coefficient (Wildman–Crippen LogP) is 9.46. The van der Waals surface area contributed by atoms with Crippen molar-refractivity contribution >= 4 is 0 Å².